The molecule has 3 rings (SSSR count). The Labute approximate surface area is 223 Å². The first-order valence-corrected chi connectivity index (χ1v) is 13.1. The third kappa shape index (κ3) is 6.30. The number of hydrogen-bond acceptors (Lipinski definition) is 4. The third-order valence-corrected chi connectivity index (χ3v) is 8.31. The highest BCUT2D eigenvalue weighted by Gasteiger charge is 2.46. The van der Waals surface area contributed by atoms with Crippen LogP contribution in [0.25, 0.3) is 0 Å². The lowest BCUT2D eigenvalue weighted by molar-refractivity contribution is 0.00776. The number of nitrogens with zero attached hydrogens (tertiary/aromatic N) is 1. The fourth-order valence-electron chi connectivity index (χ4n) is 5.99. The van der Waals surface area contributed by atoms with Crippen molar-refractivity contribution in [3.63, 3.8) is 0 Å². The predicted molar refractivity (Wildman–Crippen MR) is 149 cm³/mol. The Hall–Kier alpha value is -1.40. The molecule has 6 heteroatoms. The van der Waals surface area contributed by atoms with Crippen LogP contribution in [0.2, 0.25) is 0 Å². The molecule has 1 aliphatic carbocycles. The van der Waals surface area contributed by atoms with Gasteiger partial charge in [-0.2, -0.15) is 0 Å². The molecule has 1 aliphatic heterocycles. The van der Waals surface area contributed by atoms with Crippen molar-refractivity contribution >= 4 is 28.6 Å². The number of phenols is 1. The number of likely N-dealkylation sites (tertiary alicyclic amines) is 1. The Kier molecular flexibility index (Phi) is 8.97. The van der Waals surface area contributed by atoms with Crippen molar-refractivity contribution in [2.75, 3.05) is 13.1 Å². The van der Waals surface area contributed by atoms with E-state index in [-0.39, 0.29) is 51.8 Å². The van der Waals surface area contributed by atoms with Gasteiger partial charge in [-0.05, 0) is 66.9 Å². The molecule has 0 bridgehead atoms. The number of carbonyl (C=O) groups is 1. The summed E-state index contributed by atoms with van der Waals surface area (Å²) in [6.45, 7) is 17.4. The van der Waals surface area contributed by atoms with E-state index in [0.717, 1.165) is 49.8 Å². The minimum atomic E-state index is -0.588. The van der Waals surface area contributed by atoms with Gasteiger partial charge < -0.3 is 15.1 Å². The number of hydrogen-bond donors (Lipinski definition) is 3. The SMILES string of the molecule is Br.CCC(O)(CC)C[C@H]1C[C@H]2CN(CC(=O)c3cc(C(C)(C)C)c(O)c(C(C)(C)C)c3)C(=N)[C@H]2C1. The summed E-state index contributed by atoms with van der Waals surface area (Å²) < 4.78 is 0. The number of ketones is 1. The number of aromatic hydroxyl groups is 1. The van der Waals surface area contributed by atoms with Crippen LogP contribution in [0.15, 0.2) is 12.1 Å². The molecular weight excluding hydrogens is 504 g/mol. The number of benzene rings is 1. The van der Waals surface area contributed by atoms with E-state index < -0.39 is 5.60 Å². The highest BCUT2D eigenvalue weighted by molar-refractivity contribution is 8.93. The largest absolute Gasteiger partial charge is 0.507 e. The lowest BCUT2D eigenvalue weighted by atomic mass is 9.78. The first-order chi connectivity index (χ1) is 15.6. The number of nitrogens with one attached hydrogen (secondary N) is 1. The van der Waals surface area contributed by atoms with Crippen molar-refractivity contribution in [2.24, 2.45) is 17.8 Å². The summed E-state index contributed by atoms with van der Waals surface area (Å²) in [6, 6.07) is 3.69. The van der Waals surface area contributed by atoms with Crippen molar-refractivity contribution in [1.29, 1.82) is 5.41 Å². The number of halogens is 1. The molecule has 2 fully saturated rings. The summed E-state index contributed by atoms with van der Waals surface area (Å²) in [5, 5.41) is 30.5. The van der Waals surface area contributed by atoms with E-state index in [1.807, 2.05) is 30.9 Å². The normalized spacial score (nSPS) is 22.8. The van der Waals surface area contributed by atoms with Gasteiger partial charge in [0.1, 0.15) is 5.75 Å². The number of amidine groups is 1. The minimum Gasteiger partial charge on any atom is -0.507 e. The molecule has 1 heterocycles. The molecule has 1 aromatic carbocycles. The van der Waals surface area contributed by atoms with E-state index in [2.05, 4.69) is 41.5 Å². The number of phenolic OH excluding ortho intramolecular Hbond substituents is 1. The number of Topliss-reactive ketones (excluding diaryl/α,β-unsaturated/α-hetero) is 1. The standard InChI is InChI=1S/C29H46N2O3.BrH/c1-9-29(34,10-2)15-18-11-20-16-31(26(30)21(20)12-18)17-24(32)19-13-22(27(3,4)5)25(33)23(14-19)28(6,7)8;/h13-14,18,20-21,30,33-34H,9-12,15-17H2,1-8H3;1H/t18-,20-,21-;/m0./s1. The molecule has 1 aromatic rings. The second kappa shape index (κ2) is 10.5. The molecule has 1 saturated carbocycles. The molecule has 0 unspecified atom stereocenters. The zero-order valence-electron chi connectivity index (χ0n) is 23.0. The van der Waals surface area contributed by atoms with Crippen LogP contribution in [0.1, 0.15) is 109 Å². The second-order valence-electron chi connectivity index (χ2n) is 12.9. The molecule has 0 aromatic heterocycles. The monoisotopic (exact) mass is 550 g/mol. The molecule has 5 nitrogen and oxygen atoms in total. The Balaban J connectivity index is 0.00000432. The molecule has 35 heavy (non-hydrogen) atoms. The number of rotatable bonds is 7. The number of fused-ring (bicyclic) bond motifs is 1. The third-order valence-electron chi connectivity index (χ3n) is 8.31. The van der Waals surface area contributed by atoms with Gasteiger partial charge in [-0.1, -0.05) is 55.4 Å². The van der Waals surface area contributed by atoms with Gasteiger partial charge in [0.2, 0.25) is 0 Å². The summed E-state index contributed by atoms with van der Waals surface area (Å²) >= 11 is 0. The molecule has 1 saturated heterocycles. The molecule has 3 N–H and O–H groups in total. The highest BCUT2D eigenvalue weighted by atomic mass is 79.9. The Morgan fingerprint density at radius 1 is 1.03 bits per heavy atom. The van der Waals surface area contributed by atoms with E-state index in [0.29, 0.717) is 23.2 Å². The topological polar surface area (TPSA) is 84.6 Å². The van der Waals surface area contributed by atoms with Crippen LogP contribution < -0.4 is 0 Å². The molecule has 3 atom stereocenters. The van der Waals surface area contributed by atoms with Gasteiger partial charge in [0, 0.05) is 29.2 Å². The second-order valence-corrected chi connectivity index (χ2v) is 12.9. The van der Waals surface area contributed by atoms with Crippen LogP contribution in [0.4, 0.5) is 0 Å². The van der Waals surface area contributed by atoms with Gasteiger partial charge in [-0.3, -0.25) is 10.2 Å². The maximum atomic E-state index is 13.4. The minimum absolute atomic E-state index is 0. The van der Waals surface area contributed by atoms with E-state index in [9.17, 15) is 15.0 Å². The van der Waals surface area contributed by atoms with Crippen molar-refractivity contribution in [1.82, 2.24) is 4.90 Å². The van der Waals surface area contributed by atoms with Gasteiger partial charge in [-0.15, -0.1) is 17.0 Å². The van der Waals surface area contributed by atoms with Gasteiger partial charge in [0.05, 0.1) is 18.0 Å². The molecular formula is C29H47BrN2O3. The average molecular weight is 552 g/mol. The van der Waals surface area contributed by atoms with Crippen molar-refractivity contribution in [2.45, 2.75) is 104 Å². The maximum absolute atomic E-state index is 13.4. The predicted octanol–water partition coefficient (Wildman–Crippen LogP) is 6.62. The van der Waals surface area contributed by atoms with Crippen LogP contribution in [-0.2, 0) is 10.8 Å². The summed E-state index contributed by atoms with van der Waals surface area (Å²) in [6.07, 6.45) is 4.33. The molecule has 0 amide bonds. The lowest BCUT2D eigenvalue weighted by Crippen LogP contribution is -2.34. The van der Waals surface area contributed by atoms with Crippen molar-refractivity contribution in [3.8, 4) is 5.75 Å². The summed E-state index contributed by atoms with van der Waals surface area (Å²) in [5.41, 5.74) is 1.04. The fraction of sp³-hybridized carbons (Fsp3) is 0.724. The Morgan fingerprint density at radius 2 is 1.54 bits per heavy atom. The van der Waals surface area contributed by atoms with E-state index in [1.165, 1.54) is 0 Å². The van der Waals surface area contributed by atoms with Gasteiger partial charge in [0.15, 0.2) is 5.78 Å². The Morgan fingerprint density at radius 3 is 1.97 bits per heavy atom. The van der Waals surface area contributed by atoms with Crippen LogP contribution in [0.3, 0.4) is 0 Å². The first kappa shape index (κ1) is 29.8. The average Bonchev–Trinajstić information content (AvgIpc) is 3.24. The van der Waals surface area contributed by atoms with Gasteiger partial charge in [0.25, 0.3) is 0 Å². The van der Waals surface area contributed by atoms with Crippen LogP contribution in [0.5, 0.6) is 5.75 Å². The van der Waals surface area contributed by atoms with Gasteiger partial charge >= 0.3 is 0 Å². The fourth-order valence-corrected chi connectivity index (χ4v) is 5.99. The Bertz CT molecular complexity index is 905. The summed E-state index contributed by atoms with van der Waals surface area (Å²) in [5.74, 6) is 1.93. The van der Waals surface area contributed by atoms with Crippen molar-refractivity contribution < 1.29 is 15.0 Å². The van der Waals surface area contributed by atoms with E-state index in [1.54, 1.807) is 0 Å². The molecule has 0 spiro atoms. The highest BCUT2D eigenvalue weighted by Crippen LogP contribution is 2.46. The van der Waals surface area contributed by atoms with Crippen LogP contribution in [0, 0.1) is 23.2 Å². The zero-order chi connectivity index (χ0) is 25.6. The van der Waals surface area contributed by atoms with Crippen LogP contribution in [-0.4, -0.2) is 45.4 Å². The van der Waals surface area contributed by atoms with Crippen molar-refractivity contribution in [3.05, 3.63) is 28.8 Å². The lowest BCUT2D eigenvalue weighted by Gasteiger charge is -2.29. The van der Waals surface area contributed by atoms with E-state index in [4.69, 9.17) is 5.41 Å². The molecule has 0 radical (unpaired) electrons. The first-order valence-electron chi connectivity index (χ1n) is 13.1. The van der Waals surface area contributed by atoms with Gasteiger partial charge in [-0.25, -0.2) is 0 Å². The summed E-state index contributed by atoms with van der Waals surface area (Å²) in [7, 11) is 0. The summed E-state index contributed by atoms with van der Waals surface area (Å²) in [4.78, 5) is 15.4. The number of carbonyl (C=O) groups excluding carboxylic acids is 1. The van der Waals surface area contributed by atoms with Crippen LogP contribution >= 0.6 is 17.0 Å². The quantitative estimate of drug-likeness (QED) is 0.333. The van der Waals surface area contributed by atoms with E-state index >= 15 is 0 Å². The molecule has 2 aliphatic rings. The number of aliphatic hydroxyl groups is 1. The maximum Gasteiger partial charge on any atom is 0.182 e. The molecule has 198 valence electrons. The zero-order valence-corrected chi connectivity index (χ0v) is 24.7. The smallest absolute Gasteiger partial charge is 0.182 e.